The van der Waals surface area contributed by atoms with Gasteiger partial charge in [-0.05, 0) is 102 Å². The average Bonchev–Trinajstić information content (AvgIpc) is 2.47. The molecule has 80 valence electrons. The molecule has 0 amide bonds. The molecule has 0 bridgehead atoms. The molecule has 0 fully saturated rings. The highest BCUT2D eigenvalue weighted by molar-refractivity contribution is 5.46. The van der Waals surface area contributed by atoms with E-state index in [2.05, 4.69) is 101 Å². The van der Waals surface area contributed by atoms with E-state index in [0.717, 1.165) is 0 Å². The van der Waals surface area contributed by atoms with Crippen LogP contribution in [0, 0.1) is 107 Å². The fourth-order valence-electron chi connectivity index (χ4n) is 0.500. The van der Waals surface area contributed by atoms with Crippen LogP contribution >= 0.6 is 0 Å². The van der Waals surface area contributed by atoms with E-state index >= 15 is 0 Å². The minimum atomic E-state index is 1.70. The van der Waals surface area contributed by atoms with Gasteiger partial charge in [-0.1, -0.05) is 5.92 Å². The van der Waals surface area contributed by atoms with Crippen molar-refractivity contribution >= 4 is 0 Å². The maximum atomic E-state index is 6.49. The largest absolute Gasteiger partial charge is 0.125 e. The molecule has 0 aromatic carbocycles. The van der Waals surface area contributed by atoms with Crippen LogP contribution in [0.1, 0.15) is 8.29 Å². The molecular weight excluding hydrogens is 228 g/mol. The SMILES string of the molecule is [2H]C#CC#CC#CC#CC#CC#CC#CC#CC#CC. The lowest BCUT2D eigenvalue weighted by Crippen LogP contribution is -1.56. The van der Waals surface area contributed by atoms with E-state index in [1.807, 2.05) is 6.40 Å². The Morgan fingerprint density at radius 2 is 0.842 bits per heavy atom. The summed E-state index contributed by atoms with van der Waals surface area (Å²) >= 11 is 0. The van der Waals surface area contributed by atoms with E-state index in [1.165, 1.54) is 0 Å². The molecule has 0 aliphatic carbocycles. The Morgan fingerprint density at radius 1 is 0.526 bits per heavy atom. The average molecular weight is 233 g/mol. The van der Waals surface area contributed by atoms with Crippen molar-refractivity contribution in [2.45, 2.75) is 6.92 Å². The van der Waals surface area contributed by atoms with Crippen molar-refractivity contribution in [3.63, 3.8) is 0 Å². The smallest absolute Gasteiger partial charge is 0.106 e. The van der Waals surface area contributed by atoms with Crippen LogP contribution in [0.15, 0.2) is 0 Å². The number of terminal acetylenes is 1. The van der Waals surface area contributed by atoms with Gasteiger partial charge >= 0.3 is 0 Å². The van der Waals surface area contributed by atoms with Crippen molar-refractivity contribution in [2.24, 2.45) is 0 Å². The standard InChI is InChI=1S/C19H4/c1-3-5-7-9-11-13-15-17-19-18-16-14-12-10-8-6-4-2/h1H,2H3/i1D. The molecule has 0 heterocycles. The van der Waals surface area contributed by atoms with Crippen molar-refractivity contribution < 1.29 is 1.37 Å². The highest BCUT2D eigenvalue weighted by Crippen LogP contribution is 1.58. The lowest BCUT2D eigenvalue weighted by atomic mass is 10.5. The summed E-state index contributed by atoms with van der Waals surface area (Å²) in [6.45, 7) is 1.70. The number of rotatable bonds is 0. The van der Waals surface area contributed by atoms with Crippen LogP contribution in [0.3, 0.4) is 0 Å². The maximum absolute atomic E-state index is 6.49. The molecule has 0 saturated carbocycles. The Morgan fingerprint density at radius 3 is 1.16 bits per heavy atom. The van der Waals surface area contributed by atoms with E-state index in [4.69, 9.17) is 1.37 Å². The quantitative estimate of drug-likeness (QED) is 0.539. The molecule has 0 aliphatic rings. The number of hydrogen-bond donors (Lipinski definition) is 0. The minimum absolute atomic E-state index is 1.70. The third kappa shape index (κ3) is 14.0. The van der Waals surface area contributed by atoms with Gasteiger partial charge in [-0.25, -0.2) is 0 Å². The topological polar surface area (TPSA) is 0 Å². The Balaban J connectivity index is 4.33. The summed E-state index contributed by atoms with van der Waals surface area (Å²) < 4.78 is 6.49. The van der Waals surface area contributed by atoms with Crippen LogP contribution < -0.4 is 0 Å². The first-order valence-corrected chi connectivity index (χ1v) is 4.75. The van der Waals surface area contributed by atoms with E-state index in [-0.39, 0.29) is 0 Å². The van der Waals surface area contributed by atoms with Gasteiger partial charge in [0.1, 0.15) is 1.37 Å². The van der Waals surface area contributed by atoms with Crippen LogP contribution in [-0.2, 0) is 0 Å². The highest BCUT2D eigenvalue weighted by Gasteiger charge is 1.57. The van der Waals surface area contributed by atoms with Crippen LogP contribution in [0.4, 0.5) is 0 Å². The molecule has 0 saturated heterocycles. The zero-order chi connectivity index (χ0) is 14.7. The molecular formula is C19H4. The van der Waals surface area contributed by atoms with Gasteiger partial charge < -0.3 is 0 Å². The second-order valence-corrected chi connectivity index (χ2v) is 2.25. The molecule has 19 heavy (non-hydrogen) atoms. The zero-order valence-electron chi connectivity index (χ0n) is 11.0. The molecule has 0 atom stereocenters. The first-order chi connectivity index (χ1) is 9.91. The third-order valence-electron chi connectivity index (χ3n) is 1.06. The second kappa shape index (κ2) is 14.0. The second-order valence-electron chi connectivity index (χ2n) is 2.25. The lowest BCUT2D eigenvalue weighted by molar-refractivity contribution is 1.92. The molecule has 0 aliphatic heterocycles. The number of hydrogen-bond acceptors (Lipinski definition) is 0. The fraction of sp³-hybridized carbons (Fsp3) is 0.0526. The predicted molar refractivity (Wildman–Crippen MR) is 76.7 cm³/mol. The Kier molecular flexibility index (Phi) is 9.69. The predicted octanol–water partition coefficient (Wildman–Crippen LogP) is 0.667. The van der Waals surface area contributed by atoms with E-state index in [1.54, 1.807) is 6.92 Å². The first kappa shape index (κ1) is 13.1. The molecule has 0 heteroatoms. The van der Waals surface area contributed by atoms with Crippen molar-refractivity contribution in [3.05, 3.63) is 0 Å². The Labute approximate surface area is 116 Å². The zero-order valence-corrected chi connectivity index (χ0v) is 10.0. The molecule has 0 spiro atoms. The summed E-state index contributed by atoms with van der Waals surface area (Å²) in [5.41, 5.74) is 0. The molecule has 0 aromatic rings. The Hall–Kier alpha value is -3.96. The van der Waals surface area contributed by atoms with Gasteiger partial charge in [-0.15, -0.1) is 6.40 Å². The van der Waals surface area contributed by atoms with Crippen LogP contribution in [0.25, 0.3) is 0 Å². The summed E-state index contributed by atoms with van der Waals surface area (Å²) in [6, 6.07) is 0. The summed E-state index contributed by atoms with van der Waals surface area (Å²) in [6.07, 6.45) is 1.88. The van der Waals surface area contributed by atoms with Crippen molar-refractivity contribution in [1.29, 1.82) is 0 Å². The van der Waals surface area contributed by atoms with Gasteiger partial charge in [0.2, 0.25) is 0 Å². The molecule has 0 aromatic heterocycles. The Bertz CT molecular complexity index is 826. The normalized spacial score (nSPS) is 4.16. The van der Waals surface area contributed by atoms with Crippen molar-refractivity contribution in [2.75, 3.05) is 0 Å². The third-order valence-corrected chi connectivity index (χ3v) is 1.06. The van der Waals surface area contributed by atoms with Crippen molar-refractivity contribution in [1.82, 2.24) is 0 Å². The monoisotopic (exact) mass is 233 g/mol. The van der Waals surface area contributed by atoms with Crippen LogP contribution in [0.5, 0.6) is 0 Å². The van der Waals surface area contributed by atoms with Gasteiger partial charge in [0, 0.05) is 0 Å². The summed E-state index contributed by atoms with van der Waals surface area (Å²) in [4.78, 5) is 0. The molecule has 0 nitrogen and oxygen atoms in total. The van der Waals surface area contributed by atoms with Crippen LogP contribution in [-0.4, -0.2) is 0 Å². The van der Waals surface area contributed by atoms with Gasteiger partial charge in [-0.3, -0.25) is 0 Å². The van der Waals surface area contributed by atoms with E-state index in [0.29, 0.717) is 0 Å². The van der Waals surface area contributed by atoms with E-state index < -0.39 is 0 Å². The van der Waals surface area contributed by atoms with Gasteiger partial charge in [0.25, 0.3) is 0 Å². The first-order valence-electron chi connectivity index (χ1n) is 5.25. The summed E-state index contributed by atoms with van der Waals surface area (Å²) in [7, 11) is 0. The fourth-order valence-corrected chi connectivity index (χ4v) is 0.500. The summed E-state index contributed by atoms with van der Waals surface area (Å²) in [5.74, 6) is 41.9. The minimum Gasteiger partial charge on any atom is -0.106 e. The van der Waals surface area contributed by atoms with E-state index in [9.17, 15) is 0 Å². The van der Waals surface area contributed by atoms with Gasteiger partial charge in [-0.2, -0.15) is 0 Å². The maximum Gasteiger partial charge on any atom is 0.125 e. The van der Waals surface area contributed by atoms with Crippen LogP contribution in [0.2, 0.25) is 0 Å². The van der Waals surface area contributed by atoms with Gasteiger partial charge in [0.15, 0.2) is 0 Å². The molecule has 0 rings (SSSR count). The van der Waals surface area contributed by atoms with Crippen molar-refractivity contribution in [3.8, 4) is 107 Å². The molecule has 0 radical (unpaired) electrons. The summed E-state index contributed by atoms with van der Waals surface area (Å²) in [5, 5.41) is 0. The lowest BCUT2D eigenvalue weighted by Gasteiger charge is -1.56. The van der Waals surface area contributed by atoms with Gasteiger partial charge in [0.05, 0.1) is 0 Å². The highest BCUT2D eigenvalue weighted by atomic mass is 13.6. The molecule has 0 unspecified atom stereocenters. The molecule has 0 N–H and O–H groups in total.